The van der Waals surface area contributed by atoms with E-state index in [2.05, 4.69) is 93.4 Å². The molecular weight excluding hydrogens is 527 g/mol. The summed E-state index contributed by atoms with van der Waals surface area (Å²) in [6, 6.07) is 33.6. The first-order valence-corrected chi connectivity index (χ1v) is 13.0. The molecular formula is C29H23BrCl2N2. The molecule has 0 aliphatic carbocycles. The van der Waals surface area contributed by atoms with Crippen molar-refractivity contribution in [1.82, 2.24) is 9.78 Å². The number of rotatable bonds is 7. The predicted molar refractivity (Wildman–Crippen MR) is 146 cm³/mol. The lowest BCUT2D eigenvalue weighted by Gasteiger charge is -2.37. The molecule has 0 bridgehead atoms. The van der Waals surface area contributed by atoms with Crippen molar-refractivity contribution in [2.45, 2.75) is 18.4 Å². The van der Waals surface area contributed by atoms with Gasteiger partial charge in [0.1, 0.15) is 5.54 Å². The molecule has 0 spiro atoms. The maximum atomic E-state index is 6.85. The van der Waals surface area contributed by atoms with Crippen LogP contribution in [0, 0.1) is 0 Å². The normalized spacial score (nSPS) is 11.7. The van der Waals surface area contributed by atoms with Gasteiger partial charge in [-0.2, -0.15) is 5.10 Å². The minimum atomic E-state index is -0.689. The Morgan fingerprint density at radius 3 is 1.76 bits per heavy atom. The number of aromatic nitrogens is 2. The number of benzene rings is 4. The standard InChI is InChI=1S/C29H23BrCl2N2/c30-28-24(17-10-18-31)26(32)19-27-25(28)20-33-34(27)29(21-11-4-1-5-12-21,22-13-6-2-7-14-22)23-15-8-3-9-16-23/h1-9,11-16,19-20H,10,17-18H2. The lowest BCUT2D eigenvalue weighted by atomic mass is 9.77. The highest BCUT2D eigenvalue weighted by Crippen LogP contribution is 2.44. The molecule has 0 saturated heterocycles. The minimum absolute atomic E-state index is 0.596. The minimum Gasteiger partial charge on any atom is -0.245 e. The van der Waals surface area contributed by atoms with Crippen LogP contribution in [0.3, 0.4) is 0 Å². The summed E-state index contributed by atoms with van der Waals surface area (Å²) in [5.41, 5.74) is 4.70. The maximum Gasteiger partial charge on any atom is 0.138 e. The van der Waals surface area contributed by atoms with Crippen LogP contribution in [0.4, 0.5) is 0 Å². The second-order valence-electron chi connectivity index (χ2n) is 8.24. The molecule has 0 aliphatic rings. The van der Waals surface area contributed by atoms with Crippen molar-refractivity contribution < 1.29 is 0 Å². The monoisotopic (exact) mass is 548 g/mol. The molecule has 5 aromatic rings. The largest absolute Gasteiger partial charge is 0.245 e. The van der Waals surface area contributed by atoms with Crippen molar-refractivity contribution >= 4 is 50.0 Å². The summed E-state index contributed by atoms with van der Waals surface area (Å²) in [5, 5.41) is 6.77. The average molecular weight is 550 g/mol. The number of hydrogen-bond donors (Lipinski definition) is 0. The fourth-order valence-corrected chi connectivity index (χ4v) is 6.04. The molecule has 34 heavy (non-hydrogen) atoms. The molecule has 1 heterocycles. The lowest BCUT2D eigenvalue weighted by Crippen LogP contribution is -2.38. The van der Waals surface area contributed by atoms with Gasteiger partial charge in [-0.25, -0.2) is 4.68 Å². The Balaban J connectivity index is 1.89. The van der Waals surface area contributed by atoms with Gasteiger partial charge in [-0.1, -0.05) is 103 Å². The highest BCUT2D eigenvalue weighted by atomic mass is 79.9. The Morgan fingerprint density at radius 2 is 1.29 bits per heavy atom. The van der Waals surface area contributed by atoms with E-state index in [1.807, 2.05) is 30.5 Å². The van der Waals surface area contributed by atoms with E-state index in [0.717, 1.165) is 50.5 Å². The summed E-state index contributed by atoms with van der Waals surface area (Å²) in [6.45, 7) is 0. The summed E-state index contributed by atoms with van der Waals surface area (Å²) < 4.78 is 3.10. The van der Waals surface area contributed by atoms with E-state index < -0.39 is 5.54 Å². The number of halogens is 3. The third-order valence-electron chi connectivity index (χ3n) is 6.31. The first kappa shape index (κ1) is 23.2. The van der Waals surface area contributed by atoms with Crippen molar-refractivity contribution in [2.24, 2.45) is 0 Å². The number of hydrogen-bond acceptors (Lipinski definition) is 1. The van der Waals surface area contributed by atoms with Crippen LogP contribution >= 0.6 is 39.1 Å². The molecule has 1 aromatic heterocycles. The molecule has 0 radical (unpaired) electrons. The molecule has 2 nitrogen and oxygen atoms in total. The third kappa shape index (κ3) is 3.86. The lowest BCUT2D eigenvalue weighted by molar-refractivity contribution is 0.476. The van der Waals surface area contributed by atoms with Gasteiger partial charge in [0.05, 0.1) is 11.7 Å². The molecule has 0 saturated carbocycles. The summed E-state index contributed by atoms with van der Waals surface area (Å²) in [4.78, 5) is 0. The third-order valence-corrected chi connectivity index (χ3v) is 7.82. The Kier molecular flexibility index (Phi) is 6.78. The van der Waals surface area contributed by atoms with Gasteiger partial charge < -0.3 is 0 Å². The fraction of sp³-hybridized carbons (Fsp3) is 0.138. The molecule has 0 atom stereocenters. The summed E-state index contributed by atoms with van der Waals surface area (Å²) in [6.07, 6.45) is 3.61. The van der Waals surface area contributed by atoms with Crippen LogP contribution in [0.25, 0.3) is 10.9 Å². The first-order chi connectivity index (χ1) is 16.7. The summed E-state index contributed by atoms with van der Waals surface area (Å²) in [7, 11) is 0. The fourth-order valence-electron chi connectivity index (χ4n) is 4.79. The second-order valence-corrected chi connectivity index (χ2v) is 9.82. The first-order valence-electron chi connectivity index (χ1n) is 11.3. The molecule has 5 rings (SSSR count). The van der Waals surface area contributed by atoms with Crippen LogP contribution in [0.1, 0.15) is 28.7 Å². The van der Waals surface area contributed by atoms with Crippen molar-refractivity contribution in [3.8, 4) is 0 Å². The molecule has 170 valence electrons. The van der Waals surface area contributed by atoms with E-state index in [0.29, 0.717) is 10.9 Å². The molecule has 0 N–H and O–H groups in total. The van der Waals surface area contributed by atoms with Gasteiger partial charge in [0.2, 0.25) is 0 Å². The van der Waals surface area contributed by atoms with Gasteiger partial charge in [-0.15, -0.1) is 11.6 Å². The van der Waals surface area contributed by atoms with E-state index in [1.54, 1.807) is 0 Å². The van der Waals surface area contributed by atoms with Crippen LogP contribution in [0.5, 0.6) is 0 Å². The number of alkyl halides is 1. The van der Waals surface area contributed by atoms with Crippen LogP contribution in [-0.2, 0) is 12.0 Å². The number of fused-ring (bicyclic) bond motifs is 1. The topological polar surface area (TPSA) is 17.8 Å². The van der Waals surface area contributed by atoms with E-state index in [1.165, 1.54) is 0 Å². The SMILES string of the molecule is ClCCCc1c(Cl)cc2c(cnn2C(c2ccccc2)(c2ccccc2)c2ccccc2)c1Br. The van der Waals surface area contributed by atoms with E-state index in [-0.39, 0.29) is 0 Å². The Hall–Kier alpha value is -2.59. The van der Waals surface area contributed by atoms with Crippen LogP contribution in [0.15, 0.2) is 108 Å². The van der Waals surface area contributed by atoms with Gasteiger partial charge in [0, 0.05) is 20.8 Å². The Bertz CT molecular complexity index is 1300. The average Bonchev–Trinajstić information content (AvgIpc) is 3.31. The van der Waals surface area contributed by atoms with Gasteiger partial charge in [0.15, 0.2) is 0 Å². The highest BCUT2D eigenvalue weighted by Gasteiger charge is 2.40. The zero-order chi connectivity index (χ0) is 23.5. The van der Waals surface area contributed by atoms with Crippen molar-refractivity contribution in [3.05, 3.63) is 135 Å². The van der Waals surface area contributed by atoms with Gasteiger partial charge in [-0.3, -0.25) is 0 Å². The predicted octanol–water partition coefficient (Wildman–Crippen LogP) is 8.46. The molecule has 5 heteroatoms. The van der Waals surface area contributed by atoms with Crippen LogP contribution in [-0.4, -0.2) is 15.7 Å². The summed E-state index contributed by atoms with van der Waals surface area (Å²) >= 11 is 16.6. The zero-order valence-electron chi connectivity index (χ0n) is 18.5. The van der Waals surface area contributed by atoms with Crippen molar-refractivity contribution in [1.29, 1.82) is 0 Å². The van der Waals surface area contributed by atoms with Gasteiger partial charge >= 0.3 is 0 Å². The van der Waals surface area contributed by atoms with Crippen LogP contribution in [0.2, 0.25) is 5.02 Å². The van der Waals surface area contributed by atoms with Gasteiger partial charge in [0.25, 0.3) is 0 Å². The molecule has 0 fully saturated rings. The van der Waals surface area contributed by atoms with E-state index in [9.17, 15) is 0 Å². The smallest absolute Gasteiger partial charge is 0.138 e. The molecule has 4 aromatic carbocycles. The molecule has 0 amide bonds. The zero-order valence-corrected chi connectivity index (χ0v) is 21.6. The Labute approximate surface area is 218 Å². The molecule has 0 aliphatic heterocycles. The maximum absolute atomic E-state index is 6.85. The van der Waals surface area contributed by atoms with Crippen molar-refractivity contribution in [2.75, 3.05) is 5.88 Å². The quantitative estimate of drug-likeness (QED) is 0.147. The highest BCUT2D eigenvalue weighted by molar-refractivity contribution is 9.10. The summed E-state index contributed by atoms with van der Waals surface area (Å²) in [5.74, 6) is 0.596. The molecule has 0 unspecified atom stereocenters. The second kappa shape index (κ2) is 9.95. The van der Waals surface area contributed by atoms with E-state index in [4.69, 9.17) is 28.3 Å². The van der Waals surface area contributed by atoms with Crippen molar-refractivity contribution in [3.63, 3.8) is 0 Å². The van der Waals surface area contributed by atoms with Gasteiger partial charge in [-0.05, 0) is 57.1 Å². The number of nitrogens with zero attached hydrogens (tertiary/aromatic N) is 2. The van der Waals surface area contributed by atoms with E-state index >= 15 is 0 Å². The Morgan fingerprint density at radius 1 is 0.794 bits per heavy atom. The van der Waals surface area contributed by atoms with Crippen LogP contribution < -0.4 is 0 Å².